The molecule has 61 heavy (non-hydrogen) atoms. The molecule has 2 N–H and O–H groups in total. The Morgan fingerprint density at radius 3 is 0.820 bits per heavy atom. The number of hydrogen-bond donors (Lipinski definition) is 2. The second-order valence-electron chi connectivity index (χ2n) is 16.3. The first-order chi connectivity index (χ1) is 29.6. The van der Waals surface area contributed by atoms with Crippen LogP contribution in [0.4, 0.5) is 0 Å². The van der Waals surface area contributed by atoms with Gasteiger partial charge in [-0.25, -0.2) is 30.0 Å². The summed E-state index contributed by atoms with van der Waals surface area (Å²) in [5, 5.41) is 0. The minimum Gasteiger partial charge on any atom is -0.264 e. The topological polar surface area (TPSA) is 149 Å². The fourth-order valence-electron chi connectivity index (χ4n) is 7.14. The van der Waals surface area contributed by atoms with Gasteiger partial charge in [-0.05, 0) is 89.9 Å². The molecule has 0 aromatic heterocycles. The van der Waals surface area contributed by atoms with Gasteiger partial charge in [0.1, 0.15) is 0 Å². The van der Waals surface area contributed by atoms with Gasteiger partial charge >= 0.3 is 10.4 Å². The summed E-state index contributed by atoms with van der Waals surface area (Å²) in [5.41, 5.74) is 4.51. The molecule has 0 unspecified atom stereocenters. The SMILES string of the molecule is CCCCCCCC/C=C\CCCCCCCCN=C1N=C(CC)C(CC)=N1.CCCCCCCC/C=C\CCCCCCCCN=C1N=C(CC)C(CC)=N1.O=S(=O)(O)O. The molecule has 2 rings (SSSR count). The van der Waals surface area contributed by atoms with E-state index in [4.69, 9.17) is 17.5 Å². The molecule has 10 nitrogen and oxygen atoms in total. The van der Waals surface area contributed by atoms with Gasteiger partial charge in [-0.3, -0.25) is 9.11 Å². The lowest BCUT2D eigenvalue weighted by Crippen LogP contribution is -2.07. The summed E-state index contributed by atoms with van der Waals surface area (Å²) in [6.45, 7) is 14.9. The molecule has 0 radical (unpaired) electrons. The third kappa shape index (κ3) is 38.8. The van der Waals surface area contributed by atoms with Crippen LogP contribution in [0.15, 0.2) is 54.3 Å². The van der Waals surface area contributed by atoms with Crippen molar-refractivity contribution in [2.24, 2.45) is 30.0 Å². The van der Waals surface area contributed by atoms with Crippen molar-refractivity contribution >= 4 is 45.2 Å². The van der Waals surface area contributed by atoms with E-state index in [2.05, 4.69) is 95.8 Å². The molecule has 352 valence electrons. The van der Waals surface area contributed by atoms with Gasteiger partial charge in [-0.2, -0.15) is 8.42 Å². The fourth-order valence-corrected chi connectivity index (χ4v) is 7.14. The van der Waals surface area contributed by atoms with Crippen LogP contribution in [0.1, 0.15) is 247 Å². The van der Waals surface area contributed by atoms with Crippen LogP contribution in [0.3, 0.4) is 0 Å². The molecule has 11 heteroatoms. The summed E-state index contributed by atoms with van der Waals surface area (Å²) < 4.78 is 31.6. The highest BCUT2D eigenvalue weighted by Crippen LogP contribution is 2.13. The minimum atomic E-state index is -4.67. The number of unbranched alkanes of at least 4 members (excludes halogenated alkanes) is 24. The first-order valence-electron chi connectivity index (χ1n) is 25.0. The van der Waals surface area contributed by atoms with E-state index >= 15 is 0 Å². The smallest absolute Gasteiger partial charge is 0.264 e. The van der Waals surface area contributed by atoms with E-state index in [1.54, 1.807) is 0 Å². The van der Waals surface area contributed by atoms with Crippen molar-refractivity contribution in [3.8, 4) is 0 Å². The number of guanidine groups is 2. The summed E-state index contributed by atoms with van der Waals surface area (Å²) in [7, 11) is -4.67. The summed E-state index contributed by atoms with van der Waals surface area (Å²) >= 11 is 0. The van der Waals surface area contributed by atoms with Crippen LogP contribution in [0.2, 0.25) is 0 Å². The molecule has 0 saturated heterocycles. The van der Waals surface area contributed by atoms with E-state index in [-0.39, 0.29) is 0 Å². The molecule has 2 aliphatic rings. The Hall–Kier alpha value is -2.63. The Balaban J connectivity index is 0.00000106. The zero-order valence-electron chi connectivity index (χ0n) is 40.2. The van der Waals surface area contributed by atoms with Crippen molar-refractivity contribution in [2.75, 3.05) is 13.1 Å². The van der Waals surface area contributed by atoms with Crippen molar-refractivity contribution in [3.63, 3.8) is 0 Å². The van der Waals surface area contributed by atoms with E-state index in [1.807, 2.05) is 0 Å². The number of hydrogen-bond acceptors (Lipinski definition) is 4. The number of allylic oxidation sites excluding steroid dienone is 4. The van der Waals surface area contributed by atoms with Gasteiger partial charge in [-0.15, -0.1) is 0 Å². The zero-order chi connectivity index (χ0) is 45.1. The van der Waals surface area contributed by atoms with Crippen molar-refractivity contribution in [1.82, 2.24) is 0 Å². The second-order valence-corrected chi connectivity index (χ2v) is 17.2. The lowest BCUT2D eigenvalue weighted by molar-refractivity contribution is 0.381. The van der Waals surface area contributed by atoms with Gasteiger partial charge in [0, 0.05) is 13.1 Å². The summed E-state index contributed by atoms with van der Waals surface area (Å²) in [6, 6.07) is 0. The number of rotatable bonds is 36. The molecular weight excluding hydrogens is 781 g/mol. The average molecular weight is 873 g/mol. The average Bonchev–Trinajstić information content (AvgIpc) is 3.85. The normalized spacial score (nSPS) is 13.8. The van der Waals surface area contributed by atoms with Crippen LogP contribution in [-0.2, 0) is 10.4 Å². The van der Waals surface area contributed by atoms with Crippen LogP contribution in [0.5, 0.6) is 0 Å². The maximum absolute atomic E-state index is 8.74. The van der Waals surface area contributed by atoms with Crippen molar-refractivity contribution in [2.45, 2.75) is 247 Å². The third-order valence-corrected chi connectivity index (χ3v) is 10.8. The van der Waals surface area contributed by atoms with Gasteiger partial charge in [0.05, 0.1) is 22.8 Å². The van der Waals surface area contributed by atoms with Crippen molar-refractivity contribution in [3.05, 3.63) is 24.3 Å². The first kappa shape index (κ1) is 58.4. The number of nitrogens with zero attached hydrogens (tertiary/aromatic N) is 6. The second kappa shape index (κ2) is 42.7. The summed E-state index contributed by atoms with van der Waals surface area (Å²) in [4.78, 5) is 27.2. The van der Waals surface area contributed by atoms with Gasteiger partial charge in [0.15, 0.2) is 0 Å². The zero-order valence-corrected chi connectivity index (χ0v) is 41.0. The molecule has 0 amide bonds. The lowest BCUT2D eigenvalue weighted by Gasteiger charge is -2.00. The van der Waals surface area contributed by atoms with Crippen LogP contribution in [-0.4, -0.2) is 65.4 Å². The van der Waals surface area contributed by atoms with E-state index in [0.29, 0.717) is 11.9 Å². The maximum atomic E-state index is 8.74. The third-order valence-electron chi connectivity index (χ3n) is 10.8. The van der Waals surface area contributed by atoms with E-state index in [9.17, 15) is 0 Å². The highest BCUT2D eigenvalue weighted by molar-refractivity contribution is 7.79. The predicted octanol–water partition coefficient (Wildman–Crippen LogP) is 15.5. The molecule has 0 spiro atoms. The predicted molar refractivity (Wildman–Crippen MR) is 269 cm³/mol. The van der Waals surface area contributed by atoms with Crippen LogP contribution in [0.25, 0.3) is 0 Å². The van der Waals surface area contributed by atoms with Gasteiger partial charge in [-0.1, -0.05) is 181 Å². The summed E-state index contributed by atoms with van der Waals surface area (Å²) in [5.74, 6) is 1.42. The van der Waals surface area contributed by atoms with Gasteiger partial charge < -0.3 is 0 Å². The number of aliphatic imine (C=N–C) groups is 6. The maximum Gasteiger partial charge on any atom is 0.394 e. The van der Waals surface area contributed by atoms with Crippen LogP contribution >= 0.6 is 0 Å². The molecule has 2 aliphatic heterocycles. The Labute approximate surface area is 375 Å². The molecule has 0 bridgehead atoms. The van der Waals surface area contributed by atoms with Crippen LogP contribution < -0.4 is 0 Å². The quantitative estimate of drug-likeness (QED) is 0.0366. The minimum absolute atomic E-state index is 0.710. The van der Waals surface area contributed by atoms with Gasteiger partial charge in [0.25, 0.3) is 0 Å². The molecule has 0 fully saturated rings. The van der Waals surface area contributed by atoms with E-state index < -0.39 is 10.4 Å². The van der Waals surface area contributed by atoms with Crippen LogP contribution in [0, 0.1) is 0 Å². The van der Waals surface area contributed by atoms with Crippen molar-refractivity contribution in [1.29, 1.82) is 0 Å². The monoisotopic (exact) mass is 873 g/mol. The molecule has 0 aromatic carbocycles. The van der Waals surface area contributed by atoms with Gasteiger partial charge in [0.2, 0.25) is 11.9 Å². The fraction of sp³-hybridized carbons (Fsp3) is 0.800. The highest BCUT2D eigenvalue weighted by Gasteiger charge is 2.15. The molecule has 0 saturated carbocycles. The molecule has 0 atom stereocenters. The molecule has 0 aliphatic carbocycles. The van der Waals surface area contributed by atoms with E-state index in [0.717, 1.165) is 74.5 Å². The van der Waals surface area contributed by atoms with Crippen molar-refractivity contribution < 1.29 is 17.5 Å². The highest BCUT2D eigenvalue weighted by atomic mass is 32.3. The van der Waals surface area contributed by atoms with E-state index in [1.165, 1.54) is 167 Å². The first-order valence-corrected chi connectivity index (χ1v) is 26.4. The molecular formula is C50H92N6O4S. The Bertz CT molecular complexity index is 1280. The Morgan fingerprint density at radius 1 is 0.377 bits per heavy atom. The summed E-state index contributed by atoms with van der Waals surface area (Å²) in [6.07, 6.45) is 51.0. The standard InChI is InChI=1S/2C25H45N3.H2O4S/c2*1-4-7-8-9-10-11-12-13-14-15-16-17-18-19-20-21-22-26-25-27-23(5-2)24(6-3)28-25;1-5(2,3)4/h2*13-14H,4-12,15-22H2,1-3H3;(H2,1,2,3,4)/b2*14-13-;. The molecule has 0 aromatic rings. The Kier molecular flexibility index (Phi) is 40.8. The molecule has 2 heterocycles. The lowest BCUT2D eigenvalue weighted by atomic mass is 10.1. The largest absolute Gasteiger partial charge is 0.394 e. The Morgan fingerprint density at radius 2 is 0.590 bits per heavy atom.